The summed E-state index contributed by atoms with van der Waals surface area (Å²) in [4.78, 5) is 0. The fraction of sp³-hybridized carbons (Fsp3) is 1.00. The van der Waals surface area contributed by atoms with Crippen LogP contribution in [0.2, 0.25) is 0 Å². The highest BCUT2D eigenvalue weighted by molar-refractivity contribution is 7.78. The summed E-state index contributed by atoms with van der Waals surface area (Å²) in [6.07, 6.45) is 1.08. The van der Waals surface area contributed by atoms with Gasteiger partial charge in [-0.15, -0.1) is 0 Å². The minimum absolute atomic E-state index is 0.833. The van der Waals surface area contributed by atoms with Crippen molar-refractivity contribution in [2.45, 2.75) is 20.8 Å². The van der Waals surface area contributed by atoms with E-state index in [-0.39, 0.29) is 0 Å². The Balaban J connectivity index is 0. The van der Waals surface area contributed by atoms with Gasteiger partial charge in [-0.05, 0) is 12.2 Å². The van der Waals surface area contributed by atoms with E-state index in [2.05, 4.69) is 20.8 Å². The molecule has 0 aromatic heterocycles. The van der Waals surface area contributed by atoms with Crippen molar-refractivity contribution >= 4 is 11.1 Å². The molecule has 3 heteroatoms. The van der Waals surface area contributed by atoms with Gasteiger partial charge in [-0.3, -0.25) is 4.21 Å². The van der Waals surface area contributed by atoms with Crippen molar-refractivity contribution in [1.29, 1.82) is 0 Å². The van der Waals surface area contributed by atoms with Crippen molar-refractivity contribution in [3.8, 4) is 0 Å². The number of hydrogen-bond acceptors (Lipinski definition) is 2. The maximum Gasteiger partial charge on any atom is -0.00142 e. The summed E-state index contributed by atoms with van der Waals surface area (Å²) >= 11 is -1.86. The second-order valence-corrected chi connectivity index (χ2v) is 2.94. The summed E-state index contributed by atoms with van der Waals surface area (Å²) in [5, 5.41) is 0. The average molecular weight is 137 g/mol. The van der Waals surface area contributed by atoms with E-state index in [4.69, 9.17) is 8.76 Å². The molecule has 0 saturated carbocycles. The molecule has 0 aliphatic carbocycles. The molecule has 52 valence electrons. The van der Waals surface area contributed by atoms with Crippen LogP contribution < -0.4 is 0 Å². The second kappa shape index (κ2) is 7.11. The normalized spacial score (nSPS) is 12.2. The van der Waals surface area contributed by atoms with Gasteiger partial charge in [-0.2, -0.15) is 0 Å². The van der Waals surface area contributed by atoms with Gasteiger partial charge in [0.05, 0.1) is 0 Å². The van der Waals surface area contributed by atoms with Crippen LogP contribution in [0.15, 0.2) is 0 Å². The van der Waals surface area contributed by atoms with E-state index in [0.717, 1.165) is 12.2 Å². The smallest absolute Gasteiger partial charge is 0.00142 e. The molecule has 0 rings (SSSR count). The van der Waals surface area contributed by atoms with Crippen LogP contribution in [0.4, 0.5) is 0 Å². The zero-order valence-corrected chi connectivity index (χ0v) is 6.62. The van der Waals surface area contributed by atoms with Crippen molar-refractivity contribution in [1.82, 2.24) is 0 Å². The molecular weight excluding hydrogens is 124 g/mol. The zero-order chi connectivity index (χ0) is 7.15. The molecule has 0 spiro atoms. The maximum atomic E-state index is 9.00. The van der Waals surface area contributed by atoms with E-state index < -0.39 is 11.1 Å². The third kappa shape index (κ3) is 13200. The molecule has 0 radical (unpaired) electrons. The van der Waals surface area contributed by atoms with Crippen LogP contribution in [-0.2, 0) is 11.1 Å². The monoisotopic (exact) mass is 137 g/mol. The van der Waals surface area contributed by atoms with Crippen LogP contribution in [-0.4, -0.2) is 15.0 Å². The molecule has 0 aromatic rings. The molecule has 2 nitrogen and oxygen atoms in total. The minimum atomic E-state index is -1.86. The minimum Gasteiger partial charge on any atom is -0.773 e. The molecule has 0 fully saturated rings. The number of rotatable bonds is 0. The predicted molar refractivity (Wildman–Crippen MR) is 35.4 cm³/mol. The quantitative estimate of drug-likeness (QED) is 0.470. The van der Waals surface area contributed by atoms with Crippen LogP contribution >= 0.6 is 0 Å². The standard InChI is InChI=1S/C4H10.CH4O2S/c2*1-4(2)3/h4H,1-3H3;1H3,(H,2,3)/p-1. The van der Waals surface area contributed by atoms with Gasteiger partial charge in [0, 0.05) is 0 Å². The van der Waals surface area contributed by atoms with E-state index in [1.807, 2.05) is 0 Å². The first-order chi connectivity index (χ1) is 3.46. The molecule has 0 aliphatic rings. The summed E-state index contributed by atoms with van der Waals surface area (Å²) < 4.78 is 18.0. The molecule has 0 N–H and O–H groups in total. The van der Waals surface area contributed by atoms with Gasteiger partial charge in [-0.1, -0.05) is 31.9 Å². The second-order valence-electron chi connectivity index (χ2n) is 2.13. The highest BCUT2D eigenvalue weighted by Crippen LogP contribution is 1.81. The third-order valence-electron chi connectivity index (χ3n) is 0. The van der Waals surface area contributed by atoms with Crippen molar-refractivity contribution in [3.63, 3.8) is 0 Å². The summed E-state index contributed by atoms with van der Waals surface area (Å²) in [6.45, 7) is 6.50. The maximum absolute atomic E-state index is 9.00. The summed E-state index contributed by atoms with van der Waals surface area (Å²) in [5.41, 5.74) is 0. The van der Waals surface area contributed by atoms with Gasteiger partial charge in [0.15, 0.2) is 0 Å². The van der Waals surface area contributed by atoms with Crippen molar-refractivity contribution in [2.24, 2.45) is 5.92 Å². The lowest BCUT2D eigenvalue weighted by Crippen LogP contribution is -1.73. The van der Waals surface area contributed by atoms with Crippen molar-refractivity contribution in [3.05, 3.63) is 0 Å². The lowest BCUT2D eigenvalue weighted by Gasteiger charge is -1.85. The van der Waals surface area contributed by atoms with Gasteiger partial charge >= 0.3 is 0 Å². The zero-order valence-electron chi connectivity index (χ0n) is 5.80. The Labute approximate surface area is 53.6 Å². The lowest BCUT2D eigenvalue weighted by molar-refractivity contribution is 0.543. The van der Waals surface area contributed by atoms with Gasteiger partial charge in [0.25, 0.3) is 0 Å². The van der Waals surface area contributed by atoms with Gasteiger partial charge in [0.2, 0.25) is 0 Å². The van der Waals surface area contributed by atoms with Crippen LogP contribution in [0.5, 0.6) is 0 Å². The molecule has 0 saturated heterocycles. The Kier molecular flexibility index (Phi) is 9.76. The first-order valence-electron chi connectivity index (χ1n) is 2.47. The molecule has 0 bridgehead atoms. The van der Waals surface area contributed by atoms with E-state index in [9.17, 15) is 0 Å². The molecule has 1 atom stereocenters. The fourth-order valence-electron chi connectivity index (χ4n) is 0. The SMILES string of the molecule is CC(C)C.CS(=O)[O-]. The van der Waals surface area contributed by atoms with E-state index in [0.29, 0.717) is 0 Å². The predicted octanol–water partition coefficient (Wildman–Crippen LogP) is 1.16. The van der Waals surface area contributed by atoms with E-state index >= 15 is 0 Å². The Morgan fingerprint density at radius 2 is 1.38 bits per heavy atom. The first kappa shape index (κ1) is 11.0. The fourth-order valence-corrected chi connectivity index (χ4v) is 0. The summed E-state index contributed by atoms with van der Waals surface area (Å²) in [7, 11) is 0. The highest BCUT2D eigenvalue weighted by atomic mass is 32.2. The van der Waals surface area contributed by atoms with E-state index in [1.165, 1.54) is 0 Å². The van der Waals surface area contributed by atoms with Gasteiger partial charge < -0.3 is 4.55 Å². The highest BCUT2D eigenvalue weighted by Gasteiger charge is 1.68. The lowest BCUT2D eigenvalue weighted by atomic mass is 10.3. The van der Waals surface area contributed by atoms with E-state index in [1.54, 1.807) is 0 Å². The van der Waals surface area contributed by atoms with Crippen LogP contribution in [0.1, 0.15) is 20.8 Å². The summed E-state index contributed by atoms with van der Waals surface area (Å²) in [6, 6.07) is 0. The molecule has 0 amide bonds. The van der Waals surface area contributed by atoms with Crippen molar-refractivity contribution in [2.75, 3.05) is 6.26 Å². The third-order valence-corrected chi connectivity index (χ3v) is 0. The topological polar surface area (TPSA) is 40.1 Å². The Morgan fingerprint density at radius 1 is 1.38 bits per heavy atom. The van der Waals surface area contributed by atoms with Gasteiger partial charge in [0.1, 0.15) is 0 Å². The molecule has 0 aromatic carbocycles. The molecule has 0 aliphatic heterocycles. The van der Waals surface area contributed by atoms with Crippen LogP contribution in [0, 0.1) is 5.92 Å². The van der Waals surface area contributed by atoms with Crippen LogP contribution in [0.25, 0.3) is 0 Å². The summed E-state index contributed by atoms with van der Waals surface area (Å²) in [5.74, 6) is 0.833. The average Bonchev–Trinajstić information content (AvgIpc) is 1.25. The van der Waals surface area contributed by atoms with Crippen molar-refractivity contribution < 1.29 is 8.76 Å². The molecular formula is C5H13O2S-. The largest absolute Gasteiger partial charge is 0.773 e. The molecule has 8 heavy (non-hydrogen) atoms. The molecule has 0 heterocycles. The number of hydrogen-bond donors (Lipinski definition) is 0. The van der Waals surface area contributed by atoms with Gasteiger partial charge in [-0.25, -0.2) is 0 Å². The Morgan fingerprint density at radius 3 is 1.38 bits per heavy atom. The molecule has 1 unspecified atom stereocenters. The van der Waals surface area contributed by atoms with Crippen LogP contribution in [0.3, 0.4) is 0 Å². The Bertz CT molecular complexity index is 54.7. The first-order valence-corrected chi connectivity index (χ1v) is 3.96. The Hall–Kier alpha value is 0.110.